The third-order valence-corrected chi connectivity index (χ3v) is 8.33. The minimum Gasteiger partial charge on any atom is -0.457 e. The standard InChI is InChI=1S/C44H39NO2/c1-32-4-6-33(7-5-32)8-10-35-14-24-40(25-15-35)46-42-28-18-37(19-29-42)44(2,3)38-20-30-43(31-21-38)47-41-26-16-36(17-27-41)11-9-34-12-22-39(45)23-13-34/h4-31H,45H2,1-3H3/b10-8+,11-9+. The zero-order valence-corrected chi connectivity index (χ0v) is 27.1. The molecule has 232 valence electrons. The molecule has 47 heavy (non-hydrogen) atoms. The highest BCUT2D eigenvalue weighted by Gasteiger charge is 2.23. The summed E-state index contributed by atoms with van der Waals surface area (Å²) in [5.74, 6) is 3.22. The molecule has 3 nitrogen and oxygen atoms in total. The summed E-state index contributed by atoms with van der Waals surface area (Å²) >= 11 is 0. The zero-order chi connectivity index (χ0) is 32.6. The van der Waals surface area contributed by atoms with Gasteiger partial charge in [0.15, 0.2) is 0 Å². The van der Waals surface area contributed by atoms with Crippen LogP contribution in [0.25, 0.3) is 24.3 Å². The van der Waals surface area contributed by atoms with Crippen molar-refractivity contribution in [2.24, 2.45) is 0 Å². The van der Waals surface area contributed by atoms with Crippen LogP contribution in [0.1, 0.15) is 52.8 Å². The van der Waals surface area contributed by atoms with Gasteiger partial charge in [-0.2, -0.15) is 0 Å². The molecule has 0 unspecified atom stereocenters. The Bertz CT molecular complexity index is 1800. The van der Waals surface area contributed by atoms with Gasteiger partial charge in [-0.15, -0.1) is 0 Å². The second-order valence-electron chi connectivity index (χ2n) is 12.3. The lowest BCUT2D eigenvalue weighted by Gasteiger charge is -2.26. The second kappa shape index (κ2) is 14.1. The summed E-state index contributed by atoms with van der Waals surface area (Å²) in [5, 5.41) is 0. The number of ether oxygens (including phenoxy) is 2. The topological polar surface area (TPSA) is 44.5 Å². The van der Waals surface area contributed by atoms with Gasteiger partial charge in [-0.1, -0.05) is 129 Å². The minimum atomic E-state index is -0.194. The number of nitrogens with two attached hydrogens (primary N) is 1. The molecule has 6 aromatic rings. The monoisotopic (exact) mass is 613 g/mol. The lowest BCUT2D eigenvalue weighted by molar-refractivity contribution is 0.481. The smallest absolute Gasteiger partial charge is 0.127 e. The molecule has 0 fully saturated rings. The fourth-order valence-electron chi connectivity index (χ4n) is 5.28. The molecule has 0 aliphatic rings. The zero-order valence-electron chi connectivity index (χ0n) is 27.1. The molecule has 0 spiro atoms. The van der Waals surface area contributed by atoms with Crippen molar-refractivity contribution in [3.05, 3.63) is 185 Å². The van der Waals surface area contributed by atoms with Crippen molar-refractivity contribution in [2.45, 2.75) is 26.2 Å². The molecule has 0 aromatic heterocycles. The van der Waals surface area contributed by atoms with Crippen molar-refractivity contribution in [1.29, 1.82) is 0 Å². The molecule has 0 radical (unpaired) electrons. The average Bonchev–Trinajstić information content (AvgIpc) is 3.09. The maximum absolute atomic E-state index is 6.15. The van der Waals surface area contributed by atoms with Gasteiger partial charge in [-0.25, -0.2) is 0 Å². The Kier molecular flexibility index (Phi) is 9.36. The van der Waals surface area contributed by atoms with Gasteiger partial charge in [-0.3, -0.25) is 0 Å². The number of benzene rings is 6. The molecule has 0 aliphatic heterocycles. The van der Waals surface area contributed by atoms with Crippen LogP contribution in [-0.2, 0) is 5.41 Å². The normalized spacial score (nSPS) is 11.6. The van der Waals surface area contributed by atoms with Crippen molar-refractivity contribution in [1.82, 2.24) is 0 Å². The molecule has 6 rings (SSSR count). The number of aryl methyl sites for hydroxylation is 1. The summed E-state index contributed by atoms with van der Waals surface area (Å²) in [6.45, 7) is 6.57. The number of anilines is 1. The summed E-state index contributed by atoms with van der Waals surface area (Å²) in [7, 11) is 0. The molecule has 0 saturated carbocycles. The quantitative estimate of drug-likeness (QED) is 0.123. The highest BCUT2D eigenvalue weighted by Crippen LogP contribution is 2.35. The summed E-state index contributed by atoms with van der Waals surface area (Å²) in [6, 6.07) is 49.2. The third kappa shape index (κ3) is 8.27. The lowest BCUT2D eigenvalue weighted by atomic mass is 9.78. The van der Waals surface area contributed by atoms with Gasteiger partial charge in [-0.05, 0) is 101 Å². The summed E-state index contributed by atoms with van der Waals surface area (Å²) in [5.41, 5.74) is 14.5. The van der Waals surface area contributed by atoms with Crippen molar-refractivity contribution >= 4 is 30.0 Å². The molecule has 0 saturated heterocycles. The molecular weight excluding hydrogens is 574 g/mol. The minimum absolute atomic E-state index is 0.194. The third-order valence-electron chi connectivity index (χ3n) is 8.33. The maximum atomic E-state index is 6.15. The fraction of sp³-hybridized carbons (Fsp3) is 0.0909. The van der Waals surface area contributed by atoms with E-state index in [-0.39, 0.29) is 5.41 Å². The van der Waals surface area contributed by atoms with Crippen LogP contribution in [0.2, 0.25) is 0 Å². The maximum Gasteiger partial charge on any atom is 0.127 e. The first-order chi connectivity index (χ1) is 22.8. The molecule has 2 N–H and O–H groups in total. The predicted molar refractivity (Wildman–Crippen MR) is 198 cm³/mol. The molecule has 0 aliphatic carbocycles. The van der Waals surface area contributed by atoms with Gasteiger partial charge in [0.2, 0.25) is 0 Å². The average molecular weight is 614 g/mol. The van der Waals surface area contributed by atoms with E-state index in [0.717, 1.165) is 45.4 Å². The summed E-state index contributed by atoms with van der Waals surface area (Å²) in [6.07, 6.45) is 8.39. The molecular formula is C44H39NO2. The van der Waals surface area contributed by atoms with Gasteiger partial charge in [0.05, 0.1) is 0 Å². The Labute approximate surface area is 278 Å². The van der Waals surface area contributed by atoms with Crippen LogP contribution in [0, 0.1) is 6.92 Å². The van der Waals surface area contributed by atoms with Crippen LogP contribution in [0.4, 0.5) is 5.69 Å². The van der Waals surface area contributed by atoms with Gasteiger partial charge >= 0.3 is 0 Å². The Morgan fingerprint density at radius 1 is 0.404 bits per heavy atom. The van der Waals surface area contributed by atoms with E-state index in [4.69, 9.17) is 15.2 Å². The van der Waals surface area contributed by atoms with Crippen LogP contribution in [0.15, 0.2) is 146 Å². The van der Waals surface area contributed by atoms with Crippen molar-refractivity contribution < 1.29 is 9.47 Å². The highest BCUT2D eigenvalue weighted by molar-refractivity contribution is 5.71. The molecule has 0 amide bonds. The number of nitrogen functional groups attached to an aromatic ring is 1. The first kappa shape index (κ1) is 31.2. The lowest BCUT2D eigenvalue weighted by Crippen LogP contribution is -2.18. The predicted octanol–water partition coefficient (Wildman–Crippen LogP) is 11.8. The SMILES string of the molecule is Cc1ccc(/C=C/c2ccc(Oc3ccc(C(C)(C)c4ccc(Oc5ccc(/C=C/c6ccc(N)cc6)cc5)cc4)cc3)cc2)cc1. The highest BCUT2D eigenvalue weighted by atomic mass is 16.5. The van der Waals surface area contributed by atoms with Gasteiger partial charge in [0.1, 0.15) is 23.0 Å². The van der Waals surface area contributed by atoms with E-state index in [0.29, 0.717) is 0 Å². The van der Waals surface area contributed by atoms with Crippen molar-refractivity contribution in [3.63, 3.8) is 0 Å². The molecule has 6 aromatic carbocycles. The molecule has 0 heterocycles. The van der Waals surface area contributed by atoms with Gasteiger partial charge < -0.3 is 15.2 Å². The van der Waals surface area contributed by atoms with Crippen LogP contribution in [-0.4, -0.2) is 0 Å². The van der Waals surface area contributed by atoms with Gasteiger partial charge in [0.25, 0.3) is 0 Å². The molecule has 0 atom stereocenters. The summed E-state index contributed by atoms with van der Waals surface area (Å²) in [4.78, 5) is 0. The van der Waals surface area contributed by atoms with E-state index in [9.17, 15) is 0 Å². The van der Waals surface area contributed by atoms with E-state index >= 15 is 0 Å². The largest absolute Gasteiger partial charge is 0.457 e. The van der Waals surface area contributed by atoms with Crippen LogP contribution in [0.3, 0.4) is 0 Å². The van der Waals surface area contributed by atoms with E-state index in [2.05, 4.69) is 106 Å². The van der Waals surface area contributed by atoms with Crippen LogP contribution >= 0.6 is 0 Å². The number of rotatable bonds is 10. The first-order valence-electron chi connectivity index (χ1n) is 15.9. The summed E-state index contributed by atoms with van der Waals surface area (Å²) < 4.78 is 12.3. The number of hydrogen-bond donors (Lipinski definition) is 1. The Hall–Kier alpha value is -5.80. The Morgan fingerprint density at radius 3 is 1.02 bits per heavy atom. The Balaban J connectivity index is 1.04. The van der Waals surface area contributed by atoms with Crippen molar-refractivity contribution in [3.8, 4) is 23.0 Å². The molecule has 3 heteroatoms. The van der Waals surface area contributed by atoms with Crippen molar-refractivity contribution in [2.75, 3.05) is 5.73 Å². The van der Waals surface area contributed by atoms with Crippen LogP contribution in [0.5, 0.6) is 23.0 Å². The van der Waals surface area contributed by atoms with E-state index in [1.165, 1.54) is 22.3 Å². The van der Waals surface area contributed by atoms with E-state index < -0.39 is 0 Å². The second-order valence-corrected chi connectivity index (χ2v) is 12.3. The Morgan fingerprint density at radius 2 is 0.681 bits per heavy atom. The van der Waals surface area contributed by atoms with Gasteiger partial charge in [0, 0.05) is 11.1 Å². The van der Waals surface area contributed by atoms with E-state index in [1.807, 2.05) is 84.9 Å². The fourth-order valence-corrected chi connectivity index (χ4v) is 5.28. The van der Waals surface area contributed by atoms with Crippen LogP contribution < -0.4 is 15.2 Å². The molecule has 0 bridgehead atoms. The van der Waals surface area contributed by atoms with E-state index in [1.54, 1.807) is 0 Å². The number of hydrogen-bond acceptors (Lipinski definition) is 3. The first-order valence-corrected chi connectivity index (χ1v) is 15.9.